The first-order valence-electron chi connectivity index (χ1n) is 9.69. The van der Waals surface area contributed by atoms with Crippen LogP contribution in [0, 0.1) is 5.41 Å². The Kier molecular flexibility index (Phi) is 4.76. The van der Waals surface area contributed by atoms with E-state index in [1.807, 2.05) is 36.2 Å². The molecule has 0 radical (unpaired) electrons. The molecule has 2 aliphatic heterocycles. The van der Waals surface area contributed by atoms with Gasteiger partial charge in [0.15, 0.2) is 0 Å². The molecule has 1 aromatic rings. The standard InChI is InChI=1S/C21H31N3O4/c1-19(2,3)20(4)22(5)17(25)21(11-13-23(14-12-21)18(26)27)24(20)15-7-9-16(28-6)10-8-15/h7-10H,11-14H2,1-6H3,(H,26,27). The molecule has 2 aliphatic rings. The van der Waals surface area contributed by atoms with Gasteiger partial charge < -0.3 is 24.5 Å². The number of likely N-dealkylation sites (N-methyl/N-ethyl adjacent to an activating group) is 1. The summed E-state index contributed by atoms with van der Waals surface area (Å²) in [7, 11) is 3.49. The second-order valence-corrected chi connectivity index (χ2v) is 8.97. The normalized spacial score (nSPS) is 24.8. The molecule has 7 nitrogen and oxygen atoms in total. The van der Waals surface area contributed by atoms with Crippen LogP contribution in [0.25, 0.3) is 0 Å². The first-order chi connectivity index (χ1) is 13.0. The number of methoxy groups -OCH3 is 1. The van der Waals surface area contributed by atoms with Gasteiger partial charge in [-0.25, -0.2) is 4.79 Å². The lowest BCUT2D eigenvalue weighted by atomic mass is 9.78. The summed E-state index contributed by atoms with van der Waals surface area (Å²) in [6.45, 7) is 9.22. The number of carbonyl (C=O) groups is 2. The van der Waals surface area contributed by atoms with Gasteiger partial charge in [0.2, 0.25) is 5.91 Å². The van der Waals surface area contributed by atoms with Crippen LogP contribution in [-0.2, 0) is 4.79 Å². The number of nitrogens with zero attached hydrogens (tertiary/aromatic N) is 3. The number of hydrogen-bond acceptors (Lipinski definition) is 4. The van der Waals surface area contributed by atoms with Crippen molar-refractivity contribution in [1.29, 1.82) is 0 Å². The van der Waals surface area contributed by atoms with Crippen LogP contribution in [0.3, 0.4) is 0 Å². The Bertz CT molecular complexity index is 763. The lowest BCUT2D eigenvalue weighted by Gasteiger charge is -2.53. The zero-order valence-electron chi connectivity index (χ0n) is 17.7. The van der Waals surface area contributed by atoms with Crippen LogP contribution in [0.2, 0.25) is 0 Å². The largest absolute Gasteiger partial charge is 0.497 e. The fraction of sp³-hybridized carbons (Fsp3) is 0.619. The van der Waals surface area contributed by atoms with Crippen molar-refractivity contribution in [2.24, 2.45) is 5.41 Å². The van der Waals surface area contributed by atoms with Gasteiger partial charge in [0.25, 0.3) is 0 Å². The smallest absolute Gasteiger partial charge is 0.407 e. The van der Waals surface area contributed by atoms with E-state index in [2.05, 4.69) is 32.6 Å². The number of rotatable bonds is 2. The quantitative estimate of drug-likeness (QED) is 0.841. The summed E-state index contributed by atoms with van der Waals surface area (Å²) in [6, 6.07) is 7.78. The molecule has 1 aromatic carbocycles. The third-order valence-electron chi connectivity index (χ3n) is 6.83. The monoisotopic (exact) mass is 389 g/mol. The van der Waals surface area contributed by atoms with Gasteiger partial charge >= 0.3 is 6.09 Å². The summed E-state index contributed by atoms with van der Waals surface area (Å²) in [5, 5.41) is 9.36. The lowest BCUT2D eigenvalue weighted by molar-refractivity contribution is -0.136. The Morgan fingerprint density at radius 3 is 2.11 bits per heavy atom. The van der Waals surface area contributed by atoms with E-state index in [1.54, 1.807) is 7.11 Å². The molecule has 2 fully saturated rings. The molecule has 154 valence electrons. The molecule has 2 heterocycles. The van der Waals surface area contributed by atoms with E-state index in [0.717, 1.165) is 11.4 Å². The lowest BCUT2D eigenvalue weighted by Crippen LogP contribution is -2.64. The van der Waals surface area contributed by atoms with Crippen LogP contribution in [0.5, 0.6) is 5.75 Å². The molecule has 1 atom stereocenters. The minimum atomic E-state index is -0.928. The van der Waals surface area contributed by atoms with Gasteiger partial charge in [-0.2, -0.15) is 0 Å². The van der Waals surface area contributed by atoms with E-state index in [4.69, 9.17) is 4.74 Å². The minimum Gasteiger partial charge on any atom is -0.497 e. The summed E-state index contributed by atoms with van der Waals surface area (Å²) in [6.07, 6.45) is 0.0172. The minimum absolute atomic E-state index is 0.0609. The molecular weight excluding hydrogens is 358 g/mol. The topological polar surface area (TPSA) is 73.3 Å². The van der Waals surface area contributed by atoms with Crippen molar-refractivity contribution >= 4 is 17.7 Å². The maximum Gasteiger partial charge on any atom is 0.407 e. The molecule has 3 rings (SSSR count). The highest BCUT2D eigenvalue weighted by molar-refractivity contribution is 5.95. The predicted molar refractivity (Wildman–Crippen MR) is 108 cm³/mol. The first-order valence-corrected chi connectivity index (χ1v) is 9.69. The number of benzene rings is 1. The summed E-state index contributed by atoms with van der Waals surface area (Å²) < 4.78 is 5.30. The third kappa shape index (κ3) is 2.71. The number of carbonyl (C=O) groups excluding carboxylic acids is 1. The van der Waals surface area contributed by atoms with E-state index < -0.39 is 17.3 Å². The molecule has 1 unspecified atom stereocenters. The zero-order valence-corrected chi connectivity index (χ0v) is 17.7. The van der Waals surface area contributed by atoms with E-state index in [-0.39, 0.29) is 11.3 Å². The number of carboxylic acid groups (broad SMARTS) is 1. The Hall–Kier alpha value is -2.44. The molecule has 0 aromatic heterocycles. The molecule has 1 spiro atoms. The number of amides is 2. The zero-order chi connectivity index (χ0) is 20.9. The Balaban J connectivity index is 2.14. The van der Waals surface area contributed by atoms with Crippen molar-refractivity contribution < 1.29 is 19.4 Å². The summed E-state index contributed by atoms with van der Waals surface area (Å²) in [5.74, 6) is 0.820. The van der Waals surface area contributed by atoms with Crippen molar-refractivity contribution in [1.82, 2.24) is 9.80 Å². The fourth-order valence-electron chi connectivity index (χ4n) is 4.75. The van der Waals surface area contributed by atoms with E-state index in [0.29, 0.717) is 25.9 Å². The van der Waals surface area contributed by atoms with Gasteiger partial charge in [-0.15, -0.1) is 0 Å². The van der Waals surface area contributed by atoms with Gasteiger partial charge in [-0.05, 0) is 44.0 Å². The molecule has 0 aliphatic carbocycles. The summed E-state index contributed by atoms with van der Waals surface area (Å²) in [5.41, 5.74) is -0.605. The SMILES string of the molecule is COc1ccc(N2C3(CCN(C(=O)O)CC3)C(=O)N(C)C2(C)C(C)(C)C)cc1. The van der Waals surface area contributed by atoms with Crippen LogP contribution in [0.15, 0.2) is 24.3 Å². The fourth-order valence-corrected chi connectivity index (χ4v) is 4.75. The number of hydrogen-bond donors (Lipinski definition) is 1. The number of anilines is 1. The van der Waals surface area contributed by atoms with E-state index in [1.165, 1.54) is 4.90 Å². The van der Waals surface area contributed by atoms with Crippen molar-refractivity contribution in [2.45, 2.75) is 51.7 Å². The maximum absolute atomic E-state index is 13.6. The number of likely N-dealkylation sites (tertiary alicyclic amines) is 1. The van der Waals surface area contributed by atoms with Gasteiger partial charge in [0.1, 0.15) is 17.0 Å². The molecule has 2 saturated heterocycles. The number of piperidine rings is 1. The molecular formula is C21H31N3O4. The Labute approximate surface area is 166 Å². The average Bonchev–Trinajstić information content (AvgIpc) is 2.81. The molecule has 7 heteroatoms. The third-order valence-corrected chi connectivity index (χ3v) is 6.83. The van der Waals surface area contributed by atoms with Gasteiger partial charge in [-0.3, -0.25) is 4.79 Å². The highest BCUT2D eigenvalue weighted by atomic mass is 16.5. The first kappa shape index (κ1) is 20.3. The summed E-state index contributed by atoms with van der Waals surface area (Å²) >= 11 is 0. The Morgan fingerprint density at radius 2 is 1.68 bits per heavy atom. The molecule has 0 saturated carbocycles. The molecule has 28 heavy (non-hydrogen) atoms. The van der Waals surface area contributed by atoms with Crippen molar-refractivity contribution in [3.8, 4) is 5.75 Å². The molecule has 1 N–H and O–H groups in total. The van der Waals surface area contributed by atoms with E-state index >= 15 is 0 Å². The van der Waals surface area contributed by atoms with E-state index in [9.17, 15) is 14.7 Å². The number of ether oxygens (including phenoxy) is 1. The maximum atomic E-state index is 13.6. The van der Waals surface area contributed by atoms with Gasteiger partial charge in [0, 0.05) is 31.2 Å². The van der Waals surface area contributed by atoms with Crippen LogP contribution >= 0.6 is 0 Å². The second kappa shape index (κ2) is 6.57. The van der Waals surface area contributed by atoms with Gasteiger partial charge in [0.05, 0.1) is 7.11 Å². The predicted octanol–water partition coefficient (Wildman–Crippen LogP) is 3.25. The summed E-state index contributed by atoms with van der Waals surface area (Å²) in [4.78, 5) is 30.5. The van der Waals surface area contributed by atoms with Crippen molar-refractivity contribution in [2.75, 3.05) is 32.1 Å². The molecule has 2 amide bonds. The second-order valence-electron chi connectivity index (χ2n) is 8.97. The average molecular weight is 389 g/mol. The van der Waals surface area contributed by atoms with Gasteiger partial charge in [-0.1, -0.05) is 20.8 Å². The highest BCUT2D eigenvalue weighted by Gasteiger charge is 2.65. The van der Waals surface area contributed by atoms with Crippen LogP contribution in [0.1, 0.15) is 40.5 Å². The van der Waals surface area contributed by atoms with Crippen LogP contribution < -0.4 is 9.64 Å². The Morgan fingerprint density at radius 1 is 1.14 bits per heavy atom. The van der Waals surface area contributed by atoms with Crippen molar-refractivity contribution in [3.63, 3.8) is 0 Å². The van der Waals surface area contributed by atoms with Crippen molar-refractivity contribution in [3.05, 3.63) is 24.3 Å². The highest BCUT2D eigenvalue weighted by Crippen LogP contribution is 2.53. The van der Waals surface area contributed by atoms with Crippen LogP contribution in [-0.4, -0.2) is 65.4 Å². The molecule has 0 bridgehead atoms. The van der Waals surface area contributed by atoms with Crippen LogP contribution in [0.4, 0.5) is 10.5 Å².